The summed E-state index contributed by atoms with van der Waals surface area (Å²) in [5, 5.41) is 2.48. The van der Waals surface area contributed by atoms with Gasteiger partial charge >= 0.3 is 5.97 Å². The lowest BCUT2D eigenvalue weighted by atomic mass is 10.1. The van der Waals surface area contributed by atoms with Crippen LogP contribution in [0, 0.1) is 0 Å². The topological polar surface area (TPSA) is 64.6 Å². The zero-order valence-corrected chi connectivity index (χ0v) is 9.86. The summed E-state index contributed by atoms with van der Waals surface area (Å²) in [5.74, 6) is -0.800. The Morgan fingerprint density at radius 2 is 1.94 bits per heavy atom. The van der Waals surface area contributed by atoms with E-state index in [1.807, 2.05) is 6.07 Å². The second-order valence-corrected chi connectivity index (χ2v) is 3.35. The van der Waals surface area contributed by atoms with Crippen molar-refractivity contribution in [3.63, 3.8) is 0 Å². The Kier molecular flexibility index (Phi) is 5.16. The molecule has 0 heterocycles. The molecule has 1 aromatic carbocycles. The number of carbonyl (C=O) groups is 2. The van der Waals surface area contributed by atoms with Crippen LogP contribution in [0.4, 0.5) is 0 Å². The van der Waals surface area contributed by atoms with Crippen molar-refractivity contribution in [3.8, 4) is 0 Å². The highest BCUT2D eigenvalue weighted by atomic mass is 16.5. The van der Waals surface area contributed by atoms with Crippen LogP contribution in [0.1, 0.15) is 15.9 Å². The molecule has 0 spiro atoms. The Bertz CT molecular complexity index is 403. The Hall–Kier alpha value is -1.88. The van der Waals surface area contributed by atoms with Crippen LogP contribution in [0.15, 0.2) is 24.3 Å². The summed E-state index contributed by atoms with van der Waals surface area (Å²) >= 11 is 0. The molecule has 17 heavy (non-hydrogen) atoms. The van der Waals surface area contributed by atoms with Gasteiger partial charge in [-0.1, -0.05) is 18.2 Å². The standard InChI is InChI=1S/C12H15NO4/c1-16-8-9-5-3-4-6-10(9)12(15)13-7-11(14)17-2/h3-6H,7-8H2,1-2H3,(H,13,15). The zero-order chi connectivity index (χ0) is 12.7. The molecule has 0 saturated carbocycles. The van der Waals surface area contributed by atoms with Gasteiger partial charge in [0.05, 0.1) is 13.7 Å². The highest BCUT2D eigenvalue weighted by molar-refractivity contribution is 5.97. The lowest BCUT2D eigenvalue weighted by Crippen LogP contribution is -2.30. The second kappa shape index (κ2) is 6.65. The van der Waals surface area contributed by atoms with Crippen LogP contribution >= 0.6 is 0 Å². The predicted octanol–water partition coefficient (Wildman–Crippen LogP) is 0.736. The maximum Gasteiger partial charge on any atom is 0.325 e. The van der Waals surface area contributed by atoms with Gasteiger partial charge < -0.3 is 14.8 Å². The lowest BCUT2D eigenvalue weighted by Gasteiger charge is -2.08. The van der Waals surface area contributed by atoms with Crippen LogP contribution in [-0.2, 0) is 20.9 Å². The fraction of sp³-hybridized carbons (Fsp3) is 0.333. The predicted molar refractivity (Wildman–Crippen MR) is 61.5 cm³/mol. The summed E-state index contributed by atoms with van der Waals surface area (Å²) in [6.07, 6.45) is 0. The highest BCUT2D eigenvalue weighted by Gasteiger charge is 2.11. The van der Waals surface area contributed by atoms with E-state index in [0.717, 1.165) is 5.56 Å². The molecule has 0 aliphatic rings. The monoisotopic (exact) mass is 237 g/mol. The van der Waals surface area contributed by atoms with Crippen LogP contribution in [0.2, 0.25) is 0 Å². The van der Waals surface area contributed by atoms with Gasteiger partial charge in [-0.2, -0.15) is 0 Å². The van der Waals surface area contributed by atoms with Crippen LogP contribution in [0.5, 0.6) is 0 Å². The molecule has 0 unspecified atom stereocenters. The first kappa shape index (κ1) is 13.2. The van der Waals surface area contributed by atoms with Crippen molar-refractivity contribution in [1.82, 2.24) is 5.32 Å². The Balaban J connectivity index is 2.71. The summed E-state index contributed by atoms with van der Waals surface area (Å²) in [6, 6.07) is 7.06. The molecule has 0 aliphatic carbocycles. The third-order valence-corrected chi connectivity index (χ3v) is 2.18. The molecule has 0 bridgehead atoms. The summed E-state index contributed by atoms with van der Waals surface area (Å²) < 4.78 is 9.43. The van der Waals surface area contributed by atoms with E-state index in [1.54, 1.807) is 25.3 Å². The van der Waals surface area contributed by atoms with Crippen molar-refractivity contribution in [3.05, 3.63) is 35.4 Å². The number of ether oxygens (including phenoxy) is 2. The third kappa shape index (κ3) is 3.88. The van der Waals surface area contributed by atoms with Gasteiger partial charge in [-0.3, -0.25) is 9.59 Å². The molecular formula is C12H15NO4. The van der Waals surface area contributed by atoms with Gasteiger partial charge in [0, 0.05) is 12.7 Å². The van der Waals surface area contributed by atoms with Crippen LogP contribution < -0.4 is 5.32 Å². The average Bonchev–Trinajstić information content (AvgIpc) is 2.36. The minimum absolute atomic E-state index is 0.142. The van der Waals surface area contributed by atoms with E-state index in [9.17, 15) is 9.59 Å². The number of carbonyl (C=O) groups excluding carboxylic acids is 2. The quantitative estimate of drug-likeness (QED) is 0.767. The number of hydrogen-bond acceptors (Lipinski definition) is 4. The largest absolute Gasteiger partial charge is 0.468 e. The molecule has 0 atom stereocenters. The van der Waals surface area contributed by atoms with Gasteiger partial charge in [0.2, 0.25) is 0 Å². The van der Waals surface area contributed by atoms with Gasteiger partial charge in [-0.25, -0.2) is 0 Å². The second-order valence-electron chi connectivity index (χ2n) is 3.35. The molecule has 0 radical (unpaired) electrons. The van der Waals surface area contributed by atoms with Crippen LogP contribution in [0.25, 0.3) is 0 Å². The van der Waals surface area contributed by atoms with E-state index in [1.165, 1.54) is 7.11 Å². The smallest absolute Gasteiger partial charge is 0.325 e. The third-order valence-electron chi connectivity index (χ3n) is 2.18. The number of benzene rings is 1. The molecule has 1 aromatic rings. The Labute approximate surface area is 99.7 Å². The SMILES string of the molecule is COCc1ccccc1C(=O)NCC(=O)OC. The minimum atomic E-state index is -0.484. The van der Waals surface area contributed by atoms with Crippen molar-refractivity contribution in [2.45, 2.75) is 6.61 Å². The van der Waals surface area contributed by atoms with Crippen molar-refractivity contribution in [1.29, 1.82) is 0 Å². The van der Waals surface area contributed by atoms with E-state index < -0.39 is 5.97 Å². The maximum atomic E-state index is 11.8. The van der Waals surface area contributed by atoms with E-state index in [-0.39, 0.29) is 12.5 Å². The summed E-state index contributed by atoms with van der Waals surface area (Å²) in [7, 11) is 2.83. The molecule has 1 amide bonds. The van der Waals surface area contributed by atoms with E-state index in [4.69, 9.17) is 4.74 Å². The Morgan fingerprint density at radius 1 is 1.24 bits per heavy atom. The number of amides is 1. The fourth-order valence-electron chi connectivity index (χ4n) is 1.34. The molecule has 0 fully saturated rings. The normalized spacial score (nSPS) is 9.76. The minimum Gasteiger partial charge on any atom is -0.468 e. The van der Waals surface area contributed by atoms with E-state index in [0.29, 0.717) is 12.2 Å². The van der Waals surface area contributed by atoms with Crippen molar-refractivity contribution in [2.75, 3.05) is 20.8 Å². The van der Waals surface area contributed by atoms with Gasteiger partial charge in [0.15, 0.2) is 0 Å². The van der Waals surface area contributed by atoms with Crippen LogP contribution in [0.3, 0.4) is 0 Å². The number of rotatable bonds is 5. The zero-order valence-electron chi connectivity index (χ0n) is 9.86. The molecule has 1 N–H and O–H groups in total. The number of methoxy groups -OCH3 is 2. The van der Waals surface area contributed by atoms with Gasteiger partial charge in [0.25, 0.3) is 5.91 Å². The van der Waals surface area contributed by atoms with Gasteiger partial charge in [-0.15, -0.1) is 0 Å². The average molecular weight is 237 g/mol. The summed E-state index contributed by atoms with van der Waals surface area (Å²) in [6.45, 7) is 0.207. The molecule has 92 valence electrons. The number of hydrogen-bond donors (Lipinski definition) is 1. The maximum absolute atomic E-state index is 11.8. The number of esters is 1. The molecule has 0 saturated heterocycles. The highest BCUT2D eigenvalue weighted by Crippen LogP contribution is 2.09. The number of nitrogens with one attached hydrogen (secondary N) is 1. The molecule has 0 aliphatic heterocycles. The first-order valence-corrected chi connectivity index (χ1v) is 5.11. The van der Waals surface area contributed by atoms with Crippen molar-refractivity contribution in [2.24, 2.45) is 0 Å². The fourth-order valence-corrected chi connectivity index (χ4v) is 1.34. The van der Waals surface area contributed by atoms with Gasteiger partial charge in [0.1, 0.15) is 6.54 Å². The first-order valence-electron chi connectivity index (χ1n) is 5.11. The molecule has 5 nitrogen and oxygen atoms in total. The summed E-state index contributed by atoms with van der Waals surface area (Å²) in [5.41, 5.74) is 1.27. The van der Waals surface area contributed by atoms with E-state index in [2.05, 4.69) is 10.1 Å². The van der Waals surface area contributed by atoms with Crippen LogP contribution in [-0.4, -0.2) is 32.6 Å². The van der Waals surface area contributed by atoms with E-state index >= 15 is 0 Å². The first-order chi connectivity index (χ1) is 8.19. The van der Waals surface area contributed by atoms with Crippen molar-refractivity contribution < 1.29 is 19.1 Å². The lowest BCUT2D eigenvalue weighted by molar-refractivity contribution is -0.139. The molecule has 5 heteroatoms. The van der Waals surface area contributed by atoms with Crippen molar-refractivity contribution >= 4 is 11.9 Å². The molecule has 0 aromatic heterocycles. The molecule has 1 rings (SSSR count). The molecular weight excluding hydrogens is 222 g/mol. The van der Waals surface area contributed by atoms with Gasteiger partial charge in [-0.05, 0) is 11.6 Å². The summed E-state index contributed by atoms with van der Waals surface area (Å²) in [4.78, 5) is 22.7. The Morgan fingerprint density at radius 3 is 2.59 bits per heavy atom.